The third kappa shape index (κ3) is 3.81. The van der Waals surface area contributed by atoms with Gasteiger partial charge >= 0.3 is 0 Å². The molecule has 1 aliphatic rings. The van der Waals surface area contributed by atoms with Gasteiger partial charge < -0.3 is 10.0 Å². The van der Waals surface area contributed by atoms with Crippen molar-refractivity contribution in [2.24, 2.45) is 0 Å². The zero-order valence-electron chi connectivity index (χ0n) is 11.0. The monoisotopic (exact) mass is 311 g/mol. The summed E-state index contributed by atoms with van der Waals surface area (Å²) < 4.78 is 1.03. The van der Waals surface area contributed by atoms with Gasteiger partial charge in [0.25, 0.3) is 0 Å². The Hall–Kier alpha value is -0.380. The molecule has 1 aromatic rings. The van der Waals surface area contributed by atoms with E-state index in [0.717, 1.165) is 29.0 Å². The number of aliphatic hydroxyl groups excluding tert-OH is 1. The normalized spacial score (nSPS) is 18.4. The molecule has 0 saturated heterocycles. The molecule has 3 heteroatoms. The zero-order chi connectivity index (χ0) is 13.0. The number of hydrogen-bond acceptors (Lipinski definition) is 2. The Labute approximate surface area is 118 Å². The molecule has 0 aromatic heterocycles. The molecule has 0 bridgehead atoms. The van der Waals surface area contributed by atoms with Crippen LogP contribution in [-0.2, 0) is 0 Å². The van der Waals surface area contributed by atoms with Crippen molar-refractivity contribution < 1.29 is 5.11 Å². The summed E-state index contributed by atoms with van der Waals surface area (Å²) in [7, 11) is 2.18. The van der Waals surface area contributed by atoms with Crippen LogP contribution in [0, 0.1) is 0 Å². The molecular formula is C15H22BrNO. The number of halogens is 1. The first-order chi connectivity index (χ1) is 8.66. The molecule has 0 aliphatic heterocycles. The van der Waals surface area contributed by atoms with Crippen molar-refractivity contribution in [3.8, 4) is 0 Å². The molecule has 0 spiro atoms. The quantitative estimate of drug-likeness (QED) is 0.895. The van der Waals surface area contributed by atoms with Crippen LogP contribution in [0.5, 0.6) is 0 Å². The molecule has 1 saturated carbocycles. The third-order valence-corrected chi connectivity index (χ3v) is 4.43. The summed E-state index contributed by atoms with van der Waals surface area (Å²) in [4.78, 5) is 2.41. The summed E-state index contributed by atoms with van der Waals surface area (Å²) in [6, 6.07) is 8.69. The van der Waals surface area contributed by atoms with Crippen LogP contribution in [0.15, 0.2) is 28.7 Å². The maximum Gasteiger partial charge on any atom is 0.0802 e. The smallest absolute Gasteiger partial charge is 0.0802 e. The van der Waals surface area contributed by atoms with E-state index in [9.17, 15) is 5.11 Å². The minimum absolute atomic E-state index is 0.355. The molecular weight excluding hydrogens is 290 g/mol. The minimum atomic E-state index is -0.355. The molecule has 2 rings (SSSR count). The summed E-state index contributed by atoms with van der Waals surface area (Å²) >= 11 is 3.44. The van der Waals surface area contributed by atoms with Crippen LogP contribution in [0.4, 0.5) is 0 Å². The van der Waals surface area contributed by atoms with Crippen LogP contribution in [0.25, 0.3) is 0 Å². The van der Waals surface area contributed by atoms with Gasteiger partial charge in [0.05, 0.1) is 6.10 Å². The molecule has 0 amide bonds. The molecule has 18 heavy (non-hydrogen) atoms. The Kier molecular flexibility index (Phi) is 5.22. The fraction of sp³-hybridized carbons (Fsp3) is 0.600. The standard InChI is InChI=1S/C15H22BrNO/c1-17(14-7-2-3-8-14)10-9-15(18)12-5-4-6-13(16)11-12/h4-6,11,14-15,18H,2-3,7-10H2,1H3. The van der Waals surface area contributed by atoms with Gasteiger partial charge in [0.1, 0.15) is 0 Å². The fourth-order valence-electron chi connectivity index (χ4n) is 2.73. The molecule has 2 nitrogen and oxygen atoms in total. The third-order valence-electron chi connectivity index (χ3n) is 3.94. The van der Waals surface area contributed by atoms with Gasteiger partial charge in [-0.2, -0.15) is 0 Å². The average molecular weight is 312 g/mol. The maximum absolute atomic E-state index is 10.2. The van der Waals surface area contributed by atoms with Gasteiger partial charge in [0.15, 0.2) is 0 Å². The van der Waals surface area contributed by atoms with Crippen LogP contribution >= 0.6 is 15.9 Å². The van der Waals surface area contributed by atoms with E-state index in [4.69, 9.17) is 0 Å². The Morgan fingerprint density at radius 2 is 2.11 bits per heavy atom. The Bertz CT molecular complexity index is 377. The van der Waals surface area contributed by atoms with E-state index < -0.39 is 0 Å². The molecule has 0 radical (unpaired) electrons. The highest BCUT2D eigenvalue weighted by atomic mass is 79.9. The van der Waals surface area contributed by atoms with Gasteiger partial charge in [-0.05, 0) is 44.0 Å². The second-order valence-corrected chi connectivity index (χ2v) is 6.19. The van der Waals surface area contributed by atoms with Crippen LogP contribution in [0.2, 0.25) is 0 Å². The van der Waals surface area contributed by atoms with Gasteiger partial charge in [-0.3, -0.25) is 0 Å². The van der Waals surface area contributed by atoms with Crippen molar-refractivity contribution in [2.45, 2.75) is 44.2 Å². The van der Waals surface area contributed by atoms with E-state index in [0.29, 0.717) is 0 Å². The summed E-state index contributed by atoms with van der Waals surface area (Å²) in [5.74, 6) is 0. The van der Waals surface area contributed by atoms with Gasteiger partial charge in [0, 0.05) is 17.1 Å². The van der Waals surface area contributed by atoms with Crippen LogP contribution in [0.3, 0.4) is 0 Å². The summed E-state index contributed by atoms with van der Waals surface area (Å²) in [5.41, 5.74) is 1.00. The summed E-state index contributed by atoms with van der Waals surface area (Å²) in [6.07, 6.45) is 5.83. The molecule has 0 heterocycles. The minimum Gasteiger partial charge on any atom is -0.388 e. The maximum atomic E-state index is 10.2. The predicted octanol–water partition coefficient (Wildman–Crippen LogP) is 3.75. The molecule has 1 N–H and O–H groups in total. The van der Waals surface area contributed by atoms with Crippen molar-refractivity contribution in [1.29, 1.82) is 0 Å². The lowest BCUT2D eigenvalue weighted by Gasteiger charge is -2.25. The first-order valence-electron chi connectivity index (χ1n) is 6.80. The number of nitrogens with zero attached hydrogens (tertiary/aromatic N) is 1. The lowest BCUT2D eigenvalue weighted by molar-refractivity contribution is 0.137. The Balaban J connectivity index is 1.82. The van der Waals surface area contributed by atoms with Gasteiger partial charge in [0.2, 0.25) is 0 Å². The second-order valence-electron chi connectivity index (χ2n) is 5.28. The average Bonchev–Trinajstić information content (AvgIpc) is 2.89. The van der Waals surface area contributed by atoms with E-state index in [1.165, 1.54) is 25.7 Å². The van der Waals surface area contributed by atoms with Crippen LogP contribution < -0.4 is 0 Å². The number of hydrogen-bond donors (Lipinski definition) is 1. The molecule has 1 aromatic carbocycles. The summed E-state index contributed by atoms with van der Waals surface area (Å²) in [6.45, 7) is 0.971. The highest BCUT2D eigenvalue weighted by Gasteiger charge is 2.20. The lowest BCUT2D eigenvalue weighted by atomic mass is 10.1. The van der Waals surface area contributed by atoms with Crippen molar-refractivity contribution in [1.82, 2.24) is 4.90 Å². The Morgan fingerprint density at radius 1 is 1.39 bits per heavy atom. The largest absolute Gasteiger partial charge is 0.388 e. The lowest BCUT2D eigenvalue weighted by Crippen LogP contribution is -2.30. The van der Waals surface area contributed by atoms with Gasteiger partial charge in [-0.1, -0.05) is 40.9 Å². The van der Waals surface area contributed by atoms with Crippen LogP contribution in [0.1, 0.15) is 43.8 Å². The fourth-order valence-corrected chi connectivity index (χ4v) is 3.15. The molecule has 100 valence electrons. The van der Waals surface area contributed by atoms with Crippen molar-refractivity contribution >= 4 is 15.9 Å². The highest BCUT2D eigenvalue weighted by Crippen LogP contribution is 2.25. The molecule has 1 fully saturated rings. The highest BCUT2D eigenvalue weighted by molar-refractivity contribution is 9.10. The molecule has 1 unspecified atom stereocenters. The zero-order valence-corrected chi connectivity index (χ0v) is 12.6. The van der Waals surface area contributed by atoms with Crippen molar-refractivity contribution in [2.75, 3.05) is 13.6 Å². The van der Waals surface area contributed by atoms with E-state index in [-0.39, 0.29) is 6.10 Å². The first-order valence-corrected chi connectivity index (χ1v) is 7.60. The van der Waals surface area contributed by atoms with Crippen molar-refractivity contribution in [3.63, 3.8) is 0 Å². The summed E-state index contributed by atoms with van der Waals surface area (Å²) in [5, 5.41) is 10.2. The van der Waals surface area contributed by atoms with Gasteiger partial charge in [-0.25, -0.2) is 0 Å². The first kappa shape index (κ1) is 14.0. The molecule has 1 atom stereocenters. The Morgan fingerprint density at radius 3 is 2.78 bits per heavy atom. The van der Waals surface area contributed by atoms with Crippen LogP contribution in [-0.4, -0.2) is 29.6 Å². The van der Waals surface area contributed by atoms with E-state index >= 15 is 0 Å². The van der Waals surface area contributed by atoms with E-state index in [2.05, 4.69) is 27.9 Å². The molecule has 1 aliphatic carbocycles. The SMILES string of the molecule is CN(CCC(O)c1cccc(Br)c1)C1CCCC1. The van der Waals surface area contributed by atoms with E-state index in [1.54, 1.807) is 0 Å². The topological polar surface area (TPSA) is 23.5 Å². The predicted molar refractivity (Wildman–Crippen MR) is 78.6 cm³/mol. The number of rotatable bonds is 5. The number of benzene rings is 1. The van der Waals surface area contributed by atoms with E-state index in [1.807, 2.05) is 24.3 Å². The van der Waals surface area contributed by atoms with Crippen molar-refractivity contribution in [3.05, 3.63) is 34.3 Å². The number of aliphatic hydroxyl groups is 1. The van der Waals surface area contributed by atoms with Gasteiger partial charge in [-0.15, -0.1) is 0 Å². The second kappa shape index (κ2) is 6.69.